The van der Waals surface area contributed by atoms with Crippen LogP contribution < -0.4 is 14.2 Å². The summed E-state index contributed by atoms with van der Waals surface area (Å²) in [6, 6.07) is 11.4. The van der Waals surface area contributed by atoms with Crippen molar-refractivity contribution in [3.05, 3.63) is 41.5 Å². The Balaban J connectivity index is 1.88. The number of methoxy groups -OCH3 is 3. The van der Waals surface area contributed by atoms with Crippen LogP contribution in [0.2, 0.25) is 0 Å². The van der Waals surface area contributed by atoms with Gasteiger partial charge >= 0.3 is 0 Å². The van der Waals surface area contributed by atoms with E-state index in [0.717, 1.165) is 30.2 Å². The minimum absolute atomic E-state index is 0.671. The lowest BCUT2D eigenvalue weighted by molar-refractivity contribution is 0.229. The third kappa shape index (κ3) is 2.47. The molecule has 2 aliphatic heterocycles. The third-order valence-corrected chi connectivity index (χ3v) is 6.36. The Morgan fingerprint density at radius 3 is 2.30 bits per heavy atom. The Bertz CT molecular complexity index is 1040. The number of benzene rings is 3. The van der Waals surface area contributed by atoms with Crippen molar-refractivity contribution in [2.45, 2.75) is 31.8 Å². The molecule has 3 aromatic rings. The zero-order chi connectivity index (χ0) is 18.5. The SMILES string of the molecule is COc1ccc2c3c(c4cc(OC)c(OC)cc4c2c1)C[C@H]1CCCN1C3. The van der Waals surface area contributed by atoms with E-state index in [-0.39, 0.29) is 0 Å². The van der Waals surface area contributed by atoms with Gasteiger partial charge < -0.3 is 14.2 Å². The Hall–Kier alpha value is -2.46. The summed E-state index contributed by atoms with van der Waals surface area (Å²) in [7, 11) is 5.13. The lowest BCUT2D eigenvalue weighted by Gasteiger charge is -2.33. The summed E-state index contributed by atoms with van der Waals surface area (Å²) in [6.45, 7) is 2.25. The molecule has 0 aliphatic carbocycles. The van der Waals surface area contributed by atoms with Gasteiger partial charge in [-0.3, -0.25) is 4.90 Å². The van der Waals surface area contributed by atoms with Crippen LogP contribution in [0.5, 0.6) is 17.2 Å². The largest absolute Gasteiger partial charge is 0.497 e. The minimum atomic E-state index is 0.671. The molecule has 1 saturated heterocycles. The molecular formula is C23H25NO3. The third-order valence-electron chi connectivity index (χ3n) is 6.36. The molecule has 4 nitrogen and oxygen atoms in total. The van der Waals surface area contributed by atoms with Crippen LogP contribution in [0.4, 0.5) is 0 Å². The first-order chi connectivity index (χ1) is 13.2. The van der Waals surface area contributed by atoms with Crippen molar-refractivity contribution in [2.24, 2.45) is 0 Å². The topological polar surface area (TPSA) is 30.9 Å². The van der Waals surface area contributed by atoms with Gasteiger partial charge in [0.15, 0.2) is 11.5 Å². The summed E-state index contributed by atoms with van der Waals surface area (Å²) < 4.78 is 16.7. The molecule has 0 saturated carbocycles. The quantitative estimate of drug-likeness (QED) is 0.639. The van der Waals surface area contributed by atoms with Crippen molar-refractivity contribution in [1.82, 2.24) is 4.90 Å². The molecule has 0 spiro atoms. The molecular weight excluding hydrogens is 338 g/mol. The van der Waals surface area contributed by atoms with Crippen molar-refractivity contribution < 1.29 is 14.2 Å². The molecule has 4 heteroatoms. The average Bonchev–Trinajstić information content (AvgIpc) is 3.18. The van der Waals surface area contributed by atoms with Crippen molar-refractivity contribution in [3.63, 3.8) is 0 Å². The second-order valence-electron chi connectivity index (χ2n) is 7.59. The molecule has 140 valence electrons. The highest BCUT2D eigenvalue weighted by Gasteiger charge is 2.32. The number of hydrogen-bond donors (Lipinski definition) is 0. The van der Waals surface area contributed by atoms with Gasteiger partial charge in [-0.15, -0.1) is 0 Å². The molecule has 1 fully saturated rings. The standard InChI is InChI=1S/C23H25NO3/c1-25-15-6-7-16-18(10-15)20-12-23(27-3)22(26-2)11-19(20)17-9-14-5-4-8-24(14)13-21(16)17/h6-7,10-12,14H,4-5,8-9,13H2,1-3H3/t14-/m1/s1. The Morgan fingerprint density at radius 1 is 0.815 bits per heavy atom. The van der Waals surface area contributed by atoms with E-state index < -0.39 is 0 Å². The minimum Gasteiger partial charge on any atom is -0.497 e. The molecule has 0 aromatic heterocycles. The van der Waals surface area contributed by atoms with Crippen LogP contribution in [-0.4, -0.2) is 38.8 Å². The summed E-state index contributed by atoms with van der Waals surface area (Å²) in [6.07, 6.45) is 3.72. The average molecular weight is 363 g/mol. The number of rotatable bonds is 3. The fourth-order valence-electron chi connectivity index (χ4n) is 5.00. The smallest absolute Gasteiger partial charge is 0.161 e. The molecule has 1 atom stereocenters. The summed E-state index contributed by atoms with van der Waals surface area (Å²) in [5, 5.41) is 5.05. The first-order valence-corrected chi connectivity index (χ1v) is 9.64. The molecule has 27 heavy (non-hydrogen) atoms. The number of fused-ring (bicyclic) bond motifs is 7. The lowest BCUT2D eigenvalue weighted by Crippen LogP contribution is -2.35. The van der Waals surface area contributed by atoms with Crippen LogP contribution in [-0.2, 0) is 13.0 Å². The van der Waals surface area contributed by atoms with E-state index in [9.17, 15) is 0 Å². The zero-order valence-corrected chi connectivity index (χ0v) is 16.2. The highest BCUT2D eigenvalue weighted by molar-refractivity contribution is 6.12. The van der Waals surface area contributed by atoms with Crippen molar-refractivity contribution in [3.8, 4) is 17.2 Å². The summed E-state index contributed by atoms with van der Waals surface area (Å²) in [5.41, 5.74) is 2.94. The molecule has 0 radical (unpaired) electrons. The summed E-state index contributed by atoms with van der Waals surface area (Å²) >= 11 is 0. The maximum atomic E-state index is 5.62. The molecule has 2 aliphatic rings. The van der Waals surface area contributed by atoms with Gasteiger partial charge in [-0.1, -0.05) is 6.07 Å². The molecule has 3 aromatic carbocycles. The van der Waals surface area contributed by atoms with E-state index >= 15 is 0 Å². The number of hydrogen-bond acceptors (Lipinski definition) is 4. The molecule has 2 heterocycles. The van der Waals surface area contributed by atoms with Gasteiger partial charge in [0.25, 0.3) is 0 Å². The second kappa shape index (κ2) is 6.31. The zero-order valence-electron chi connectivity index (χ0n) is 16.2. The predicted molar refractivity (Wildman–Crippen MR) is 108 cm³/mol. The van der Waals surface area contributed by atoms with Gasteiger partial charge in [-0.2, -0.15) is 0 Å². The number of ether oxygens (including phenoxy) is 3. The summed E-state index contributed by atoms with van der Waals surface area (Å²) in [4.78, 5) is 2.65. The fraction of sp³-hybridized carbons (Fsp3) is 0.391. The van der Waals surface area contributed by atoms with Crippen LogP contribution in [0, 0.1) is 0 Å². The van der Waals surface area contributed by atoms with Gasteiger partial charge in [0.1, 0.15) is 5.75 Å². The Labute approximate surface area is 159 Å². The van der Waals surface area contributed by atoms with Crippen molar-refractivity contribution in [2.75, 3.05) is 27.9 Å². The fourth-order valence-corrected chi connectivity index (χ4v) is 5.00. The molecule has 0 bridgehead atoms. The van der Waals surface area contributed by atoms with Gasteiger partial charge in [-0.25, -0.2) is 0 Å². The normalized spacial score (nSPS) is 19.1. The lowest BCUT2D eigenvalue weighted by atomic mass is 9.85. The van der Waals surface area contributed by atoms with Crippen LogP contribution in [0.3, 0.4) is 0 Å². The van der Waals surface area contributed by atoms with E-state index in [1.807, 2.05) is 0 Å². The van der Waals surface area contributed by atoms with Crippen LogP contribution in [0.15, 0.2) is 30.3 Å². The second-order valence-corrected chi connectivity index (χ2v) is 7.59. The highest BCUT2D eigenvalue weighted by atomic mass is 16.5. The van der Waals surface area contributed by atoms with Crippen LogP contribution >= 0.6 is 0 Å². The maximum Gasteiger partial charge on any atom is 0.161 e. The first kappa shape index (κ1) is 16.7. The van der Waals surface area contributed by atoms with E-state index in [1.54, 1.807) is 21.3 Å². The highest BCUT2D eigenvalue weighted by Crippen LogP contribution is 2.44. The van der Waals surface area contributed by atoms with Gasteiger partial charge in [0.05, 0.1) is 21.3 Å². The maximum absolute atomic E-state index is 5.62. The Kier molecular flexibility index (Phi) is 3.90. The van der Waals surface area contributed by atoms with Gasteiger partial charge in [0, 0.05) is 12.6 Å². The van der Waals surface area contributed by atoms with E-state index in [4.69, 9.17) is 14.2 Å². The molecule has 5 rings (SSSR count). The summed E-state index contributed by atoms with van der Waals surface area (Å²) in [5.74, 6) is 2.45. The Morgan fingerprint density at radius 2 is 1.56 bits per heavy atom. The first-order valence-electron chi connectivity index (χ1n) is 9.64. The van der Waals surface area contributed by atoms with Gasteiger partial charge in [-0.05, 0) is 82.7 Å². The van der Waals surface area contributed by atoms with Crippen LogP contribution in [0.1, 0.15) is 24.0 Å². The van der Waals surface area contributed by atoms with Gasteiger partial charge in [0.2, 0.25) is 0 Å². The van der Waals surface area contributed by atoms with Crippen molar-refractivity contribution >= 4 is 21.5 Å². The van der Waals surface area contributed by atoms with E-state index in [2.05, 4.69) is 35.2 Å². The van der Waals surface area contributed by atoms with Crippen molar-refractivity contribution in [1.29, 1.82) is 0 Å². The monoisotopic (exact) mass is 363 g/mol. The van der Waals surface area contributed by atoms with Crippen LogP contribution in [0.25, 0.3) is 21.5 Å². The van der Waals surface area contributed by atoms with E-state index in [0.29, 0.717) is 6.04 Å². The molecule has 0 N–H and O–H groups in total. The van der Waals surface area contributed by atoms with E-state index in [1.165, 1.54) is 52.1 Å². The predicted octanol–water partition coefficient (Wildman–Crippen LogP) is 4.54. The molecule has 0 unspecified atom stereocenters. The number of nitrogens with zero attached hydrogens (tertiary/aromatic N) is 1. The molecule has 0 amide bonds.